The summed E-state index contributed by atoms with van der Waals surface area (Å²) in [5.41, 5.74) is -0.637. The van der Waals surface area contributed by atoms with E-state index in [1.165, 1.54) is 0 Å². The van der Waals surface area contributed by atoms with E-state index in [-0.39, 0.29) is 4.83 Å². The summed E-state index contributed by atoms with van der Waals surface area (Å²) in [7, 11) is 0. The summed E-state index contributed by atoms with van der Waals surface area (Å²) in [4.78, 5) is 0.106. The first kappa shape index (κ1) is 8.44. The van der Waals surface area contributed by atoms with Crippen LogP contribution in [-0.2, 0) is 0 Å². The molecule has 1 N–H and O–H groups in total. The molecule has 0 aliphatic carbocycles. The van der Waals surface area contributed by atoms with E-state index in [1.807, 2.05) is 0 Å². The summed E-state index contributed by atoms with van der Waals surface area (Å²) in [5, 5.41) is 9.20. The third kappa shape index (κ3) is 2.68. The average Bonchev–Trinajstić information content (AvgIpc) is 1.62. The van der Waals surface area contributed by atoms with E-state index in [1.54, 1.807) is 13.8 Å². The van der Waals surface area contributed by atoms with E-state index in [2.05, 4.69) is 22.9 Å². The second-order valence-electron chi connectivity index (χ2n) is 2.41. The second kappa shape index (κ2) is 2.83. The number of halogens is 1. The Labute approximate surface area is 59.2 Å². The molecule has 1 nitrogen and oxygen atoms in total. The molecule has 0 spiro atoms. The van der Waals surface area contributed by atoms with E-state index in [0.29, 0.717) is 6.42 Å². The Morgan fingerprint density at radius 2 is 2.12 bits per heavy atom. The standard InChI is InChI=1S/C6H12BrO/c1-4-5(7)6(2,3)8/h5,8H,1,4H2,2-3H3. The van der Waals surface area contributed by atoms with Crippen molar-refractivity contribution in [3.05, 3.63) is 6.92 Å². The Bertz CT molecular complexity index is 65.4. The van der Waals surface area contributed by atoms with Crippen molar-refractivity contribution >= 4 is 15.9 Å². The number of rotatable bonds is 2. The Morgan fingerprint density at radius 1 is 1.75 bits per heavy atom. The van der Waals surface area contributed by atoms with Crippen molar-refractivity contribution in [2.24, 2.45) is 0 Å². The maximum absolute atomic E-state index is 9.20. The first-order valence-electron chi connectivity index (χ1n) is 2.64. The maximum Gasteiger partial charge on any atom is 0.0716 e. The van der Waals surface area contributed by atoms with Crippen molar-refractivity contribution in [3.63, 3.8) is 0 Å². The molecule has 0 amide bonds. The molecule has 0 bridgehead atoms. The number of hydrogen-bond acceptors (Lipinski definition) is 1. The molecule has 0 aliphatic rings. The SMILES string of the molecule is [CH2]CC(Br)C(C)(C)O. The van der Waals surface area contributed by atoms with Gasteiger partial charge in [0.15, 0.2) is 0 Å². The lowest BCUT2D eigenvalue weighted by Gasteiger charge is -2.22. The third-order valence-electron chi connectivity index (χ3n) is 1.02. The molecule has 0 aromatic carbocycles. The molecule has 0 saturated carbocycles. The highest BCUT2D eigenvalue weighted by Crippen LogP contribution is 2.19. The quantitative estimate of drug-likeness (QED) is 0.641. The lowest BCUT2D eigenvalue weighted by molar-refractivity contribution is 0.0802. The largest absolute Gasteiger partial charge is 0.389 e. The summed E-state index contributed by atoms with van der Waals surface area (Å²) in [5.74, 6) is 0. The summed E-state index contributed by atoms with van der Waals surface area (Å²) in [6.07, 6.45) is 0.712. The van der Waals surface area contributed by atoms with Crippen LogP contribution in [0, 0.1) is 6.92 Å². The van der Waals surface area contributed by atoms with Crippen LogP contribution in [0.15, 0.2) is 0 Å². The zero-order valence-electron chi connectivity index (χ0n) is 5.32. The fourth-order valence-corrected chi connectivity index (χ4v) is 0.353. The van der Waals surface area contributed by atoms with Crippen LogP contribution in [0.4, 0.5) is 0 Å². The van der Waals surface area contributed by atoms with Crippen LogP contribution in [0.25, 0.3) is 0 Å². The molecule has 0 saturated heterocycles. The van der Waals surface area contributed by atoms with Gasteiger partial charge in [0.1, 0.15) is 0 Å². The average molecular weight is 180 g/mol. The first-order chi connectivity index (χ1) is 3.48. The van der Waals surface area contributed by atoms with Crippen LogP contribution in [0.1, 0.15) is 20.3 Å². The third-order valence-corrected chi connectivity index (χ3v) is 2.60. The summed E-state index contributed by atoms with van der Waals surface area (Å²) in [6, 6.07) is 0. The number of alkyl halides is 1. The molecular weight excluding hydrogens is 168 g/mol. The predicted molar refractivity (Wildman–Crippen MR) is 39.0 cm³/mol. The predicted octanol–water partition coefficient (Wildman–Crippen LogP) is 1.74. The lowest BCUT2D eigenvalue weighted by atomic mass is 10.0. The van der Waals surface area contributed by atoms with E-state index < -0.39 is 5.60 Å². The van der Waals surface area contributed by atoms with Crippen LogP contribution in [0.2, 0.25) is 0 Å². The van der Waals surface area contributed by atoms with Gasteiger partial charge in [-0.05, 0) is 20.3 Å². The van der Waals surface area contributed by atoms with Gasteiger partial charge in [0, 0.05) is 4.83 Å². The molecule has 1 atom stereocenters. The Kier molecular flexibility index (Phi) is 2.99. The van der Waals surface area contributed by atoms with Gasteiger partial charge in [-0.3, -0.25) is 0 Å². The van der Waals surface area contributed by atoms with Crippen molar-refractivity contribution in [1.29, 1.82) is 0 Å². The minimum absolute atomic E-state index is 0.106. The van der Waals surface area contributed by atoms with Crippen molar-refractivity contribution in [2.45, 2.75) is 30.7 Å². The van der Waals surface area contributed by atoms with Crippen LogP contribution in [0.5, 0.6) is 0 Å². The fourth-order valence-electron chi connectivity index (χ4n) is 0.353. The van der Waals surface area contributed by atoms with E-state index in [0.717, 1.165) is 0 Å². The molecule has 0 aromatic rings. The molecule has 1 radical (unpaired) electrons. The van der Waals surface area contributed by atoms with Crippen LogP contribution in [0.3, 0.4) is 0 Å². The molecule has 1 unspecified atom stereocenters. The molecule has 0 heterocycles. The minimum atomic E-state index is -0.637. The zero-order valence-corrected chi connectivity index (χ0v) is 6.90. The first-order valence-corrected chi connectivity index (χ1v) is 3.55. The summed E-state index contributed by atoms with van der Waals surface area (Å²) >= 11 is 3.28. The molecule has 0 fully saturated rings. The Morgan fingerprint density at radius 3 is 2.12 bits per heavy atom. The highest BCUT2D eigenvalue weighted by atomic mass is 79.9. The monoisotopic (exact) mass is 179 g/mol. The van der Waals surface area contributed by atoms with E-state index in [9.17, 15) is 5.11 Å². The molecule has 0 aliphatic heterocycles. The van der Waals surface area contributed by atoms with Gasteiger partial charge in [-0.25, -0.2) is 0 Å². The molecule has 2 heteroatoms. The van der Waals surface area contributed by atoms with Crippen LogP contribution < -0.4 is 0 Å². The van der Waals surface area contributed by atoms with Crippen molar-refractivity contribution in [2.75, 3.05) is 0 Å². The van der Waals surface area contributed by atoms with Crippen molar-refractivity contribution in [3.8, 4) is 0 Å². The molecule has 0 aromatic heterocycles. The number of aliphatic hydroxyl groups is 1. The molecular formula is C6H12BrO. The molecule has 0 rings (SSSR count). The van der Waals surface area contributed by atoms with Gasteiger partial charge < -0.3 is 5.11 Å². The highest BCUT2D eigenvalue weighted by molar-refractivity contribution is 9.09. The lowest BCUT2D eigenvalue weighted by Crippen LogP contribution is -2.30. The summed E-state index contributed by atoms with van der Waals surface area (Å²) in [6.45, 7) is 7.17. The maximum atomic E-state index is 9.20. The Hall–Kier alpha value is 0.440. The normalized spacial score (nSPS) is 16.1. The van der Waals surface area contributed by atoms with Gasteiger partial charge in [-0.1, -0.05) is 22.9 Å². The minimum Gasteiger partial charge on any atom is -0.389 e. The molecule has 8 heavy (non-hydrogen) atoms. The highest BCUT2D eigenvalue weighted by Gasteiger charge is 2.21. The second-order valence-corrected chi connectivity index (χ2v) is 3.52. The molecule has 49 valence electrons. The van der Waals surface area contributed by atoms with Gasteiger partial charge in [-0.15, -0.1) is 0 Å². The van der Waals surface area contributed by atoms with Crippen LogP contribution >= 0.6 is 15.9 Å². The van der Waals surface area contributed by atoms with Gasteiger partial charge >= 0.3 is 0 Å². The smallest absolute Gasteiger partial charge is 0.0716 e. The van der Waals surface area contributed by atoms with Crippen LogP contribution in [-0.4, -0.2) is 15.5 Å². The van der Waals surface area contributed by atoms with E-state index in [4.69, 9.17) is 0 Å². The number of hydrogen-bond donors (Lipinski definition) is 1. The summed E-state index contributed by atoms with van der Waals surface area (Å²) < 4.78 is 0. The zero-order chi connectivity index (χ0) is 6.78. The topological polar surface area (TPSA) is 20.2 Å². The fraction of sp³-hybridized carbons (Fsp3) is 0.833. The van der Waals surface area contributed by atoms with E-state index >= 15 is 0 Å². The van der Waals surface area contributed by atoms with Crippen molar-refractivity contribution in [1.82, 2.24) is 0 Å². The van der Waals surface area contributed by atoms with Gasteiger partial charge in [-0.2, -0.15) is 0 Å². The van der Waals surface area contributed by atoms with Gasteiger partial charge in [0.25, 0.3) is 0 Å². The Balaban J connectivity index is 3.62. The van der Waals surface area contributed by atoms with Crippen molar-refractivity contribution < 1.29 is 5.11 Å². The van der Waals surface area contributed by atoms with Gasteiger partial charge in [0.05, 0.1) is 5.60 Å². The van der Waals surface area contributed by atoms with Gasteiger partial charge in [0.2, 0.25) is 0 Å².